The first kappa shape index (κ1) is 12.5. The molecule has 1 aromatic carbocycles. The summed E-state index contributed by atoms with van der Waals surface area (Å²) in [5.41, 5.74) is 3.76. The third kappa shape index (κ3) is 2.32. The van der Waals surface area contributed by atoms with E-state index in [4.69, 9.17) is 6.42 Å². The fraction of sp³-hybridized carbons (Fsp3) is 0.200. The molecule has 0 fully saturated rings. The Morgan fingerprint density at radius 2 is 1.69 bits per heavy atom. The van der Waals surface area contributed by atoms with E-state index >= 15 is 0 Å². The second-order valence-electron chi connectivity index (χ2n) is 3.66. The summed E-state index contributed by atoms with van der Waals surface area (Å²) in [6, 6.07) is 6.24. The molecule has 1 rings (SSSR count). The van der Waals surface area contributed by atoms with Gasteiger partial charge in [0.15, 0.2) is 0 Å². The number of rotatable bonds is 2. The summed E-state index contributed by atoms with van der Waals surface area (Å²) in [6.45, 7) is 11.6. The van der Waals surface area contributed by atoms with Crippen molar-refractivity contribution in [1.82, 2.24) is 0 Å². The summed E-state index contributed by atoms with van der Waals surface area (Å²) in [6.07, 6.45) is 5.56. The molecule has 0 aliphatic carbocycles. The first-order chi connectivity index (χ1) is 7.58. The number of hydrogen-bond donors (Lipinski definition) is 0. The summed E-state index contributed by atoms with van der Waals surface area (Å²) < 4.78 is 0. The van der Waals surface area contributed by atoms with E-state index in [9.17, 15) is 0 Å². The van der Waals surface area contributed by atoms with Crippen LogP contribution in [0.25, 0.3) is 0 Å². The zero-order chi connectivity index (χ0) is 12.2. The van der Waals surface area contributed by atoms with Crippen LogP contribution in [-0.4, -0.2) is 10.0 Å². The highest BCUT2D eigenvalue weighted by Crippen LogP contribution is 2.28. The molecule has 0 spiro atoms. The molecule has 0 N–H and O–H groups in total. The number of terminal acetylenes is 1. The van der Waals surface area contributed by atoms with Crippen LogP contribution in [0, 0.1) is 25.5 Å². The smallest absolute Gasteiger partial charge is 0.0334 e. The Morgan fingerprint density at radius 3 is 2.06 bits per heavy atom. The monoisotopic (exact) mass is 228 g/mol. The van der Waals surface area contributed by atoms with E-state index in [-0.39, 0.29) is 0 Å². The van der Waals surface area contributed by atoms with Crippen molar-refractivity contribution in [3.8, 4) is 11.7 Å². The Balaban J connectivity index is 3.44. The molecule has 16 heavy (non-hydrogen) atoms. The van der Waals surface area contributed by atoms with Crippen LogP contribution in [0.1, 0.15) is 16.7 Å². The van der Waals surface area contributed by atoms with Gasteiger partial charge in [-0.25, -0.2) is 0 Å². The van der Waals surface area contributed by atoms with E-state index in [0.717, 1.165) is 5.75 Å². The lowest BCUT2D eigenvalue weighted by molar-refractivity contribution is 1.24. The van der Waals surface area contributed by atoms with Gasteiger partial charge < -0.3 is 0 Å². The summed E-state index contributed by atoms with van der Waals surface area (Å²) in [5.74, 6) is 0.745. The molecule has 0 amide bonds. The number of benzene rings is 1. The largest absolute Gasteiger partial charge is 0.108 e. The molecule has 0 nitrogen and oxygen atoms in total. The first-order valence-electron chi connectivity index (χ1n) is 4.99. The fourth-order valence-electron chi connectivity index (χ4n) is 1.57. The first-order valence-corrected chi connectivity index (χ1v) is 6.80. The highest BCUT2D eigenvalue weighted by Gasteiger charge is 2.06. The summed E-state index contributed by atoms with van der Waals surface area (Å²) in [5, 5.41) is 8.64. The maximum Gasteiger partial charge on any atom is 0.0334 e. The van der Waals surface area contributed by atoms with Crippen molar-refractivity contribution in [3.05, 3.63) is 48.0 Å². The van der Waals surface area contributed by atoms with Gasteiger partial charge in [0.25, 0.3) is 0 Å². The molecular formula is C15H16S. The van der Waals surface area contributed by atoms with E-state index in [0.29, 0.717) is 0 Å². The maximum atomic E-state index is 5.56. The van der Waals surface area contributed by atoms with E-state index < -0.39 is 9.21 Å². The minimum absolute atomic E-state index is 0.745. The van der Waals surface area contributed by atoms with Gasteiger partial charge in [-0.15, -0.1) is 6.42 Å². The Kier molecular flexibility index (Phi) is 3.88. The Morgan fingerprint density at radius 1 is 1.19 bits per heavy atom. The Bertz CT molecular complexity index is 567. The second kappa shape index (κ2) is 4.97. The van der Waals surface area contributed by atoms with E-state index in [2.05, 4.69) is 60.5 Å². The van der Waals surface area contributed by atoms with Gasteiger partial charge in [0.1, 0.15) is 0 Å². The molecule has 0 radical (unpaired) electrons. The van der Waals surface area contributed by atoms with Crippen LogP contribution in [0.3, 0.4) is 0 Å². The van der Waals surface area contributed by atoms with Gasteiger partial charge in [-0.1, -0.05) is 37.5 Å². The number of hydrogen-bond acceptors (Lipinski definition) is 0. The predicted octanol–water partition coefficient (Wildman–Crippen LogP) is 3.37. The van der Waals surface area contributed by atoms with Crippen LogP contribution in [-0.2, 0) is 5.75 Å². The lowest BCUT2D eigenvalue weighted by Crippen LogP contribution is -1.94. The fourth-order valence-corrected chi connectivity index (χ4v) is 3.02. The van der Waals surface area contributed by atoms with Crippen molar-refractivity contribution in [2.24, 2.45) is 0 Å². The maximum absolute atomic E-state index is 5.56. The van der Waals surface area contributed by atoms with Crippen LogP contribution < -0.4 is 0 Å². The standard InChI is InChI=1S/C15H16S/c1-6-16(7-2,8-3)12-15-13(4)10-9-11-14(15)5/h1,9-11H,2-3,12H2,4-5H3. The van der Waals surface area contributed by atoms with Gasteiger partial charge >= 0.3 is 0 Å². The highest BCUT2D eigenvalue weighted by atomic mass is 32.2. The molecule has 0 atom stereocenters. The second-order valence-corrected chi connectivity index (χ2v) is 6.24. The summed E-state index contributed by atoms with van der Waals surface area (Å²) >= 11 is 0. The average Bonchev–Trinajstić information content (AvgIpc) is 2.30. The molecule has 1 heteroatoms. The molecule has 0 saturated carbocycles. The predicted molar refractivity (Wildman–Crippen MR) is 77.3 cm³/mol. The van der Waals surface area contributed by atoms with Crippen LogP contribution in [0.5, 0.6) is 0 Å². The average molecular weight is 228 g/mol. The molecule has 0 bridgehead atoms. The quantitative estimate of drug-likeness (QED) is 0.538. The Hall–Kier alpha value is -1.57. The minimum atomic E-state index is -1.60. The lowest BCUT2D eigenvalue weighted by Gasteiger charge is -2.11. The van der Waals surface area contributed by atoms with Crippen molar-refractivity contribution in [2.75, 3.05) is 0 Å². The summed E-state index contributed by atoms with van der Waals surface area (Å²) in [4.78, 5) is 0. The van der Waals surface area contributed by atoms with Crippen molar-refractivity contribution in [1.29, 1.82) is 0 Å². The molecule has 0 aromatic heterocycles. The lowest BCUT2D eigenvalue weighted by atomic mass is 10.1. The molecular weight excluding hydrogens is 212 g/mol. The topological polar surface area (TPSA) is 0 Å². The SMILES string of the molecule is C#CS(=C=C)(=C=C)Cc1c(C)cccc1C. The molecule has 0 aliphatic rings. The van der Waals surface area contributed by atoms with Gasteiger partial charge in [-0.3, -0.25) is 0 Å². The van der Waals surface area contributed by atoms with Gasteiger partial charge in [0.05, 0.1) is 0 Å². The third-order valence-corrected chi connectivity index (χ3v) is 4.81. The molecule has 0 aliphatic heterocycles. The van der Waals surface area contributed by atoms with Crippen LogP contribution in [0.4, 0.5) is 0 Å². The van der Waals surface area contributed by atoms with Gasteiger partial charge in [-0.05, 0) is 48.9 Å². The van der Waals surface area contributed by atoms with Gasteiger partial charge in [0, 0.05) is 5.75 Å². The molecule has 0 heterocycles. The molecule has 0 unspecified atom stereocenters. The van der Waals surface area contributed by atoms with Crippen LogP contribution >= 0.6 is 9.21 Å². The van der Waals surface area contributed by atoms with Crippen molar-refractivity contribution >= 4 is 19.3 Å². The molecule has 1 aromatic rings. The highest BCUT2D eigenvalue weighted by molar-refractivity contribution is 8.31. The van der Waals surface area contributed by atoms with E-state index in [1.807, 2.05) is 0 Å². The zero-order valence-corrected chi connectivity index (χ0v) is 10.7. The Labute approximate surface area is 98.8 Å². The number of aryl methyl sites for hydroxylation is 2. The van der Waals surface area contributed by atoms with Crippen LogP contribution in [0.2, 0.25) is 0 Å². The molecule has 0 saturated heterocycles. The normalized spacial score (nSPS) is 10.1. The molecule has 82 valence electrons. The van der Waals surface area contributed by atoms with E-state index in [1.54, 1.807) is 0 Å². The summed E-state index contributed by atoms with van der Waals surface area (Å²) in [7, 11) is -1.60. The minimum Gasteiger partial charge on any atom is -0.108 e. The van der Waals surface area contributed by atoms with Gasteiger partial charge in [0.2, 0.25) is 0 Å². The van der Waals surface area contributed by atoms with Crippen molar-refractivity contribution < 1.29 is 0 Å². The van der Waals surface area contributed by atoms with Crippen molar-refractivity contribution in [2.45, 2.75) is 19.6 Å². The third-order valence-electron chi connectivity index (χ3n) is 2.70. The van der Waals surface area contributed by atoms with Gasteiger partial charge in [-0.2, -0.15) is 0 Å². The van der Waals surface area contributed by atoms with Crippen LogP contribution in [0.15, 0.2) is 31.4 Å². The van der Waals surface area contributed by atoms with E-state index in [1.165, 1.54) is 16.7 Å². The van der Waals surface area contributed by atoms with Crippen molar-refractivity contribution in [3.63, 3.8) is 0 Å². The zero-order valence-electron chi connectivity index (χ0n) is 9.84.